The van der Waals surface area contributed by atoms with Crippen LogP contribution in [0.15, 0.2) is 0 Å². The van der Waals surface area contributed by atoms with E-state index in [1.165, 1.54) is 6.42 Å². The predicted molar refractivity (Wildman–Crippen MR) is 81.6 cm³/mol. The highest BCUT2D eigenvalue weighted by Crippen LogP contribution is 2.33. The van der Waals surface area contributed by atoms with E-state index in [1.54, 1.807) is 0 Å². The van der Waals surface area contributed by atoms with Crippen molar-refractivity contribution in [2.45, 2.75) is 43.6 Å². The number of nitrogens with zero attached hydrogens (tertiary/aromatic N) is 1. The first-order chi connectivity index (χ1) is 11.0. The molecule has 0 radical (unpaired) electrons. The van der Waals surface area contributed by atoms with Crippen LogP contribution in [0.3, 0.4) is 0 Å². The Balaban J connectivity index is 1.86. The third kappa shape index (κ3) is 5.26. The molecular formula is C15H27F2N3O3. The molecule has 0 aromatic rings. The highest BCUT2D eigenvalue weighted by atomic mass is 19.3. The normalized spacial score (nSPS) is 22.6. The van der Waals surface area contributed by atoms with E-state index in [2.05, 4.69) is 15.5 Å². The van der Waals surface area contributed by atoms with Crippen molar-refractivity contribution >= 4 is 6.03 Å². The van der Waals surface area contributed by atoms with Gasteiger partial charge in [0.15, 0.2) is 0 Å². The van der Waals surface area contributed by atoms with Gasteiger partial charge >= 0.3 is 6.03 Å². The van der Waals surface area contributed by atoms with E-state index in [0.717, 1.165) is 38.8 Å². The molecule has 0 aromatic heterocycles. The molecule has 2 rings (SSSR count). The van der Waals surface area contributed by atoms with Crippen molar-refractivity contribution in [2.24, 2.45) is 0 Å². The van der Waals surface area contributed by atoms with Gasteiger partial charge < -0.3 is 20.5 Å². The van der Waals surface area contributed by atoms with Crippen LogP contribution in [0.1, 0.15) is 32.1 Å². The van der Waals surface area contributed by atoms with Crippen LogP contribution in [0.4, 0.5) is 13.6 Å². The van der Waals surface area contributed by atoms with Crippen LogP contribution in [-0.4, -0.2) is 73.5 Å². The fourth-order valence-corrected chi connectivity index (χ4v) is 3.43. The molecule has 0 unspecified atom stereocenters. The summed E-state index contributed by atoms with van der Waals surface area (Å²) in [4.78, 5) is 14.2. The molecule has 0 atom stereocenters. The SMILES string of the molecule is O=C(NCC(F)(F)CO)NCC1(N2CCOCC2)CCCCC1. The number of aliphatic hydroxyl groups excluding tert-OH is 1. The molecule has 1 saturated carbocycles. The van der Waals surface area contributed by atoms with E-state index in [9.17, 15) is 13.6 Å². The fourth-order valence-electron chi connectivity index (χ4n) is 3.43. The van der Waals surface area contributed by atoms with Crippen molar-refractivity contribution in [2.75, 3.05) is 46.0 Å². The maximum absolute atomic E-state index is 13.0. The largest absolute Gasteiger partial charge is 0.390 e. The van der Waals surface area contributed by atoms with E-state index in [1.807, 2.05) is 0 Å². The fraction of sp³-hybridized carbons (Fsp3) is 0.933. The van der Waals surface area contributed by atoms with Crippen LogP contribution in [0.5, 0.6) is 0 Å². The maximum atomic E-state index is 13.0. The first kappa shape index (κ1) is 18.4. The molecule has 134 valence electrons. The second-order valence-electron chi connectivity index (χ2n) is 6.43. The molecule has 3 N–H and O–H groups in total. The van der Waals surface area contributed by atoms with Crippen molar-refractivity contribution in [3.63, 3.8) is 0 Å². The lowest BCUT2D eigenvalue weighted by Crippen LogP contribution is -2.60. The number of hydrogen-bond acceptors (Lipinski definition) is 4. The quantitative estimate of drug-likeness (QED) is 0.676. The Labute approximate surface area is 135 Å². The van der Waals surface area contributed by atoms with Crippen LogP contribution < -0.4 is 10.6 Å². The minimum Gasteiger partial charge on any atom is -0.390 e. The zero-order valence-electron chi connectivity index (χ0n) is 13.5. The minimum absolute atomic E-state index is 0.0983. The first-order valence-electron chi connectivity index (χ1n) is 8.31. The average Bonchev–Trinajstić information content (AvgIpc) is 2.60. The lowest BCUT2D eigenvalue weighted by atomic mass is 9.80. The third-order valence-electron chi connectivity index (χ3n) is 4.78. The number of ether oxygens (including phenoxy) is 1. The van der Waals surface area contributed by atoms with Gasteiger partial charge in [-0.2, -0.15) is 0 Å². The maximum Gasteiger partial charge on any atom is 0.315 e. The van der Waals surface area contributed by atoms with Crippen molar-refractivity contribution < 1.29 is 23.4 Å². The van der Waals surface area contributed by atoms with Crippen LogP contribution in [0, 0.1) is 0 Å². The van der Waals surface area contributed by atoms with E-state index in [0.29, 0.717) is 19.8 Å². The Morgan fingerprint density at radius 3 is 2.43 bits per heavy atom. The molecule has 2 fully saturated rings. The standard InChI is InChI=1S/C15H27F2N3O3/c16-15(17,12-21)11-19-13(22)18-10-14(4-2-1-3-5-14)20-6-8-23-9-7-20/h21H,1-12H2,(H2,18,19,22). The van der Waals surface area contributed by atoms with Crippen LogP contribution in [0.2, 0.25) is 0 Å². The molecule has 0 bridgehead atoms. The summed E-state index contributed by atoms with van der Waals surface area (Å²) in [7, 11) is 0. The summed E-state index contributed by atoms with van der Waals surface area (Å²) in [6.45, 7) is 1.37. The summed E-state index contributed by atoms with van der Waals surface area (Å²) in [5.41, 5.74) is -0.0983. The van der Waals surface area contributed by atoms with Crippen molar-refractivity contribution in [1.29, 1.82) is 0 Å². The van der Waals surface area contributed by atoms with Gasteiger partial charge in [0.25, 0.3) is 5.92 Å². The van der Waals surface area contributed by atoms with Crippen LogP contribution in [-0.2, 0) is 4.74 Å². The third-order valence-corrected chi connectivity index (χ3v) is 4.78. The van der Waals surface area contributed by atoms with Gasteiger partial charge in [0.1, 0.15) is 6.61 Å². The summed E-state index contributed by atoms with van der Waals surface area (Å²) < 4.78 is 31.3. The van der Waals surface area contributed by atoms with Gasteiger partial charge in [-0.05, 0) is 12.8 Å². The number of carbonyl (C=O) groups excluding carboxylic acids is 1. The molecule has 8 heteroatoms. The summed E-state index contributed by atoms with van der Waals surface area (Å²) in [5.74, 6) is -3.29. The number of urea groups is 1. The van der Waals surface area contributed by atoms with Crippen molar-refractivity contribution in [3.05, 3.63) is 0 Å². The smallest absolute Gasteiger partial charge is 0.315 e. The van der Waals surface area contributed by atoms with Gasteiger partial charge in [-0.15, -0.1) is 0 Å². The molecule has 1 heterocycles. The number of morpholine rings is 1. The van der Waals surface area contributed by atoms with Crippen LogP contribution in [0.25, 0.3) is 0 Å². The van der Waals surface area contributed by atoms with E-state index >= 15 is 0 Å². The number of halogens is 2. The average molecular weight is 335 g/mol. The topological polar surface area (TPSA) is 73.8 Å². The summed E-state index contributed by atoms with van der Waals surface area (Å²) in [5, 5.41) is 13.4. The number of alkyl halides is 2. The van der Waals surface area contributed by atoms with E-state index in [-0.39, 0.29) is 5.54 Å². The van der Waals surface area contributed by atoms with Gasteiger partial charge in [0, 0.05) is 25.2 Å². The lowest BCUT2D eigenvalue weighted by molar-refractivity contribution is -0.0460. The van der Waals surface area contributed by atoms with Gasteiger partial charge in [0.05, 0.1) is 19.8 Å². The summed E-state index contributed by atoms with van der Waals surface area (Å²) >= 11 is 0. The summed E-state index contributed by atoms with van der Waals surface area (Å²) in [6, 6.07) is -0.615. The van der Waals surface area contributed by atoms with Gasteiger partial charge in [-0.1, -0.05) is 19.3 Å². The second kappa shape index (κ2) is 8.21. The molecular weight excluding hydrogens is 308 g/mol. The van der Waals surface area contributed by atoms with Gasteiger partial charge in [-0.3, -0.25) is 4.90 Å². The predicted octanol–water partition coefficient (Wildman–Crippen LogP) is 0.948. The lowest BCUT2D eigenvalue weighted by Gasteiger charge is -2.48. The number of hydrogen-bond donors (Lipinski definition) is 3. The highest BCUT2D eigenvalue weighted by molar-refractivity contribution is 5.74. The minimum atomic E-state index is -3.29. The Bertz CT molecular complexity index is 384. The van der Waals surface area contributed by atoms with Gasteiger partial charge in [-0.25, -0.2) is 13.6 Å². The molecule has 2 amide bonds. The molecule has 1 aliphatic carbocycles. The number of rotatable bonds is 6. The Kier molecular flexibility index (Phi) is 6.55. The van der Waals surface area contributed by atoms with E-state index < -0.39 is 25.1 Å². The number of amides is 2. The Morgan fingerprint density at radius 1 is 1.17 bits per heavy atom. The summed E-state index contributed by atoms with van der Waals surface area (Å²) in [6.07, 6.45) is 5.42. The molecule has 1 saturated heterocycles. The number of carbonyl (C=O) groups is 1. The molecule has 23 heavy (non-hydrogen) atoms. The highest BCUT2D eigenvalue weighted by Gasteiger charge is 2.39. The molecule has 0 spiro atoms. The number of nitrogens with one attached hydrogen (secondary N) is 2. The molecule has 2 aliphatic rings. The zero-order valence-corrected chi connectivity index (χ0v) is 13.5. The monoisotopic (exact) mass is 335 g/mol. The second-order valence-corrected chi connectivity index (χ2v) is 6.43. The number of aliphatic hydroxyl groups is 1. The Hall–Kier alpha value is -0.990. The van der Waals surface area contributed by atoms with Crippen LogP contribution >= 0.6 is 0 Å². The van der Waals surface area contributed by atoms with Crippen molar-refractivity contribution in [1.82, 2.24) is 15.5 Å². The molecule has 0 aromatic carbocycles. The molecule has 6 nitrogen and oxygen atoms in total. The van der Waals surface area contributed by atoms with Crippen molar-refractivity contribution in [3.8, 4) is 0 Å². The van der Waals surface area contributed by atoms with E-state index in [4.69, 9.17) is 9.84 Å². The van der Waals surface area contributed by atoms with Gasteiger partial charge in [0.2, 0.25) is 0 Å². The first-order valence-corrected chi connectivity index (χ1v) is 8.31. The zero-order chi connectivity index (χ0) is 16.8. The Morgan fingerprint density at radius 2 is 1.83 bits per heavy atom. The molecule has 1 aliphatic heterocycles.